The molecule has 0 atom stereocenters. The number of ether oxygens (including phenoxy) is 2. The van der Waals surface area contributed by atoms with Gasteiger partial charge in [0.25, 0.3) is 0 Å². The van der Waals surface area contributed by atoms with Crippen molar-refractivity contribution in [2.24, 2.45) is 0 Å². The van der Waals surface area contributed by atoms with Crippen LogP contribution in [0.3, 0.4) is 0 Å². The minimum Gasteiger partial charge on any atom is -0.491 e. The Bertz CT molecular complexity index is 468. The average molecular weight is 290 g/mol. The first kappa shape index (κ1) is 17.1. The zero-order valence-electron chi connectivity index (χ0n) is 12.4. The lowest BCUT2D eigenvalue weighted by molar-refractivity contribution is -0.130. The molecule has 0 saturated heterocycles. The SMILES string of the molecule is CCCCCCOCCOc1ccc(C#CC(=O)O)cc1. The van der Waals surface area contributed by atoms with Gasteiger partial charge >= 0.3 is 5.97 Å². The molecule has 1 aromatic rings. The Kier molecular flexibility index (Phi) is 8.74. The molecule has 0 heterocycles. The van der Waals surface area contributed by atoms with E-state index in [0.29, 0.717) is 18.8 Å². The van der Waals surface area contributed by atoms with Crippen molar-refractivity contribution in [1.82, 2.24) is 0 Å². The quantitative estimate of drug-likeness (QED) is 0.561. The molecule has 1 aromatic carbocycles. The third kappa shape index (κ3) is 8.72. The van der Waals surface area contributed by atoms with Crippen LogP contribution in [0.1, 0.15) is 38.2 Å². The summed E-state index contributed by atoms with van der Waals surface area (Å²) < 4.78 is 11.0. The second kappa shape index (κ2) is 10.8. The van der Waals surface area contributed by atoms with Gasteiger partial charge in [-0.15, -0.1) is 0 Å². The molecule has 0 aliphatic carbocycles. The fourth-order valence-corrected chi connectivity index (χ4v) is 1.71. The molecule has 0 bridgehead atoms. The molecule has 0 fully saturated rings. The first-order chi connectivity index (χ1) is 10.2. The van der Waals surface area contributed by atoms with Crippen LogP contribution in [-0.4, -0.2) is 30.9 Å². The Balaban J connectivity index is 2.16. The summed E-state index contributed by atoms with van der Waals surface area (Å²) in [5, 5.41) is 8.45. The van der Waals surface area contributed by atoms with E-state index >= 15 is 0 Å². The average Bonchev–Trinajstić information content (AvgIpc) is 2.49. The third-order valence-electron chi connectivity index (χ3n) is 2.81. The van der Waals surface area contributed by atoms with Crippen molar-refractivity contribution in [2.45, 2.75) is 32.6 Å². The monoisotopic (exact) mass is 290 g/mol. The molecule has 1 rings (SSSR count). The van der Waals surface area contributed by atoms with E-state index in [2.05, 4.69) is 18.8 Å². The van der Waals surface area contributed by atoms with E-state index in [4.69, 9.17) is 14.6 Å². The van der Waals surface area contributed by atoms with Gasteiger partial charge < -0.3 is 14.6 Å². The van der Waals surface area contributed by atoms with Crippen molar-refractivity contribution >= 4 is 5.97 Å². The first-order valence-electron chi connectivity index (χ1n) is 7.28. The van der Waals surface area contributed by atoms with E-state index in [1.54, 1.807) is 24.3 Å². The first-order valence-corrected chi connectivity index (χ1v) is 7.28. The molecule has 0 aliphatic heterocycles. The number of hydrogen-bond donors (Lipinski definition) is 1. The van der Waals surface area contributed by atoms with E-state index in [1.807, 2.05) is 0 Å². The summed E-state index contributed by atoms with van der Waals surface area (Å²) in [6, 6.07) is 7.01. The Hall–Kier alpha value is -1.99. The zero-order valence-corrected chi connectivity index (χ0v) is 12.4. The van der Waals surface area contributed by atoms with Gasteiger partial charge in [-0.25, -0.2) is 4.79 Å². The summed E-state index contributed by atoms with van der Waals surface area (Å²) in [7, 11) is 0. The molecular weight excluding hydrogens is 268 g/mol. The van der Waals surface area contributed by atoms with E-state index in [-0.39, 0.29) is 0 Å². The van der Waals surface area contributed by atoms with Crippen LogP contribution in [0.4, 0.5) is 0 Å². The standard InChI is InChI=1S/C17H22O4/c1-2-3-4-5-12-20-13-14-21-16-9-6-15(7-10-16)8-11-17(18)19/h6-7,9-10H,2-5,12-14H2,1H3,(H,18,19). The van der Waals surface area contributed by atoms with Crippen molar-refractivity contribution in [1.29, 1.82) is 0 Å². The Morgan fingerprint density at radius 2 is 1.86 bits per heavy atom. The maximum Gasteiger partial charge on any atom is 0.382 e. The number of hydrogen-bond acceptors (Lipinski definition) is 3. The highest BCUT2D eigenvalue weighted by Crippen LogP contribution is 2.11. The van der Waals surface area contributed by atoms with Crippen molar-refractivity contribution in [2.75, 3.05) is 19.8 Å². The predicted molar refractivity (Wildman–Crippen MR) is 81.4 cm³/mol. The number of carbonyl (C=O) groups is 1. The maximum atomic E-state index is 10.3. The van der Waals surface area contributed by atoms with Crippen molar-refractivity contribution in [3.05, 3.63) is 29.8 Å². The van der Waals surface area contributed by atoms with Crippen LogP contribution in [-0.2, 0) is 9.53 Å². The highest BCUT2D eigenvalue weighted by Gasteiger charge is 1.95. The molecule has 0 amide bonds. The number of carboxylic acid groups (broad SMARTS) is 1. The maximum absolute atomic E-state index is 10.3. The minimum absolute atomic E-state index is 0.508. The molecule has 0 aromatic heterocycles. The molecule has 0 spiro atoms. The molecule has 0 saturated carbocycles. The Morgan fingerprint density at radius 3 is 2.52 bits per heavy atom. The van der Waals surface area contributed by atoms with E-state index in [9.17, 15) is 4.79 Å². The van der Waals surface area contributed by atoms with Gasteiger partial charge in [0.05, 0.1) is 6.61 Å². The smallest absolute Gasteiger partial charge is 0.382 e. The van der Waals surface area contributed by atoms with E-state index in [1.165, 1.54) is 19.3 Å². The molecule has 4 heteroatoms. The normalized spacial score (nSPS) is 9.76. The molecule has 21 heavy (non-hydrogen) atoms. The van der Waals surface area contributed by atoms with Crippen LogP contribution >= 0.6 is 0 Å². The highest BCUT2D eigenvalue weighted by atomic mass is 16.5. The Labute approximate surface area is 126 Å². The fraction of sp³-hybridized carbons (Fsp3) is 0.471. The summed E-state index contributed by atoms with van der Waals surface area (Å²) in [4.78, 5) is 10.3. The zero-order chi connectivity index (χ0) is 15.3. The second-order valence-corrected chi connectivity index (χ2v) is 4.60. The second-order valence-electron chi connectivity index (χ2n) is 4.60. The molecule has 1 N–H and O–H groups in total. The van der Waals surface area contributed by atoms with Gasteiger partial charge in [0.15, 0.2) is 0 Å². The van der Waals surface area contributed by atoms with Crippen LogP contribution < -0.4 is 4.74 Å². The fourth-order valence-electron chi connectivity index (χ4n) is 1.71. The van der Waals surface area contributed by atoms with Crippen LogP contribution in [0.5, 0.6) is 5.75 Å². The summed E-state index contributed by atoms with van der Waals surface area (Å²) in [5.74, 6) is 4.20. The predicted octanol–water partition coefficient (Wildman–Crippen LogP) is 3.10. The van der Waals surface area contributed by atoms with Gasteiger partial charge in [-0.2, -0.15) is 0 Å². The van der Waals surface area contributed by atoms with Crippen LogP contribution in [0.2, 0.25) is 0 Å². The van der Waals surface area contributed by atoms with Gasteiger partial charge in [-0.05, 0) is 30.7 Å². The number of unbranched alkanes of at least 4 members (excludes halogenated alkanes) is 3. The number of benzene rings is 1. The summed E-state index contributed by atoms with van der Waals surface area (Å²) in [6.07, 6.45) is 4.81. The van der Waals surface area contributed by atoms with Crippen LogP contribution in [0.15, 0.2) is 24.3 Å². The summed E-state index contributed by atoms with van der Waals surface area (Å²) in [5.41, 5.74) is 0.650. The van der Waals surface area contributed by atoms with Gasteiger partial charge in [0, 0.05) is 18.1 Å². The highest BCUT2D eigenvalue weighted by molar-refractivity contribution is 5.87. The number of rotatable bonds is 9. The van der Waals surface area contributed by atoms with Gasteiger partial charge in [0.2, 0.25) is 0 Å². The third-order valence-corrected chi connectivity index (χ3v) is 2.81. The summed E-state index contributed by atoms with van der Waals surface area (Å²) >= 11 is 0. The molecule has 0 aliphatic rings. The Morgan fingerprint density at radius 1 is 1.10 bits per heavy atom. The van der Waals surface area contributed by atoms with Crippen molar-refractivity contribution < 1.29 is 19.4 Å². The minimum atomic E-state index is -1.13. The van der Waals surface area contributed by atoms with Crippen molar-refractivity contribution in [3.8, 4) is 17.6 Å². The van der Waals surface area contributed by atoms with Crippen molar-refractivity contribution in [3.63, 3.8) is 0 Å². The number of carboxylic acids is 1. The molecule has 0 unspecified atom stereocenters. The van der Waals surface area contributed by atoms with Crippen LogP contribution in [0, 0.1) is 11.8 Å². The largest absolute Gasteiger partial charge is 0.491 e. The van der Waals surface area contributed by atoms with E-state index in [0.717, 1.165) is 18.8 Å². The molecule has 114 valence electrons. The lowest BCUT2D eigenvalue weighted by Crippen LogP contribution is -2.07. The molecule has 4 nitrogen and oxygen atoms in total. The lowest BCUT2D eigenvalue weighted by atomic mass is 10.2. The van der Waals surface area contributed by atoms with E-state index < -0.39 is 5.97 Å². The topological polar surface area (TPSA) is 55.8 Å². The number of aliphatic carboxylic acids is 1. The molecule has 0 radical (unpaired) electrons. The van der Waals surface area contributed by atoms with Gasteiger partial charge in [-0.3, -0.25) is 0 Å². The lowest BCUT2D eigenvalue weighted by Gasteiger charge is -2.07. The molecular formula is C17H22O4. The van der Waals surface area contributed by atoms with Gasteiger partial charge in [0.1, 0.15) is 12.4 Å². The summed E-state index contributed by atoms with van der Waals surface area (Å²) in [6.45, 7) is 4.06. The van der Waals surface area contributed by atoms with Crippen LogP contribution in [0.25, 0.3) is 0 Å². The van der Waals surface area contributed by atoms with Gasteiger partial charge in [-0.1, -0.05) is 32.1 Å².